The van der Waals surface area contributed by atoms with E-state index in [1.165, 1.54) is 4.31 Å². The van der Waals surface area contributed by atoms with Gasteiger partial charge in [-0.05, 0) is 67.4 Å². The standard InChI is InChI=1S/C28H33N3O4S/c1-4-23-7-9-25(10-8-23)31(36(33,34)27-15-5-22(2)6-16-27)21-28(32)30-19-17-29(18-20-30)24-11-13-26(35-3)14-12-24/h5-16H,4,17-21H2,1-3H3. The third-order valence-corrected chi connectivity index (χ3v) is 8.38. The summed E-state index contributed by atoms with van der Waals surface area (Å²) in [6.45, 7) is 6.11. The van der Waals surface area contributed by atoms with Crippen molar-refractivity contribution in [2.45, 2.75) is 25.2 Å². The van der Waals surface area contributed by atoms with Gasteiger partial charge in [-0.25, -0.2) is 8.42 Å². The molecule has 1 aliphatic heterocycles. The minimum Gasteiger partial charge on any atom is -0.497 e. The molecule has 1 fully saturated rings. The van der Waals surface area contributed by atoms with Crippen LogP contribution in [0.15, 0.2) is 77.7 Å². The molecule has 1 aliphatic rings. The van der Waals surface area contributed by atoms with Crippen molar-refractivity contribution in [3.8, 4) is 5.75 Å². The van der Waals surface area contributed by atoms with E-state index in [-0.39, 0.29) is 17.3 Å². The van der Waals surface area contributed by atoms with Gasteiger partial charge in [0.2, 0.25) is 5.91 Å². The molecule has 0 spiro atoms. The third kappa shape index (κ3) is 5.65. The lowest BCUT2D eigenvalue weighted by molar-refractivity contribution is -0.129. The number of ether oxygens (including phenoxy) is 1. The van der Waals surface area contributed by atoms with Crippen LogP contribution in [-0.2, 0) is 21.2 Å². The second-order valence-electron chi connectivity index (χ2n) is 8.91. The molecule has 0 saturated carbocycles. The maximum atomic E-state index is 13.6. The molecule has 3 aromatic carbocycles. The SMILES string of the molecule is CCc1ccc(N(CC(=O)N2CCN(c3ccc(OC)cc3)CC2)S(=O)(=O)c2ccc(C)cc2)cc1. The highest BCUT2D eigenvalue weighted by Crippen LogP contribution is 2.26. The van der Waals surface area contributed by atoms with Crippen LogP contribution in [0.25, 0.3) is 0 Å². The number of carbonyl (C=O) groups excluding carboxylic acids is 1. The summed E-state index contributed by atoms with van der Waals surface area (Å²) >= 11 is 0. The van der Waals surface area contributed by atoms with Crippen molar-refractivity contribution in [2.24, 2.45) is 0 Å². The molecule has 1 heterocycles. The van der Waals surface area contributed by atoms with E-state index in [1.54, 1.807) is 48.4 Å². The number of hydrogen-bond acceptors (Lipinski definition) is 5. The molecule has 0 unspecified atom stereocenters. The Morgan fingerprint density at radius 3 is 2.06 bits per heavy atom. The molecule has 8 heteroatoms. The average Bonchev–Trinajstić information content (AvgIpc) is 2.92. The molecule has 36 heavy (non-hydrogen) atoms. The van der Waals surface area contributed by atoms with Gasteiger partial charge >= 0.3 is 0 Å². The first-order chi connectivity index (χ1) is 17.3. The van der Waals surface area contributed by atoms with Crippen LogP contribution in [0.2, 0.25) is 0 Å². The van der Waals surface area contributed by atoms with E-state index >= 15 is 0 Å². The molecule has 4 rings (SSSR count). The number of aryl methyl sites for hydroxylation is 2. The number of piperazine rings is 1. The number of methoxy groups -OCH3 is 1. The van der Waals surface area contributed by atoms with Crippen molar-refractivity contribution < 1.29 is 17.9 Å². The summed E-state index contributed by atoms with van der Waals surface area (Å²) in [4.78, 5) is 17.5. The summed E-state index contributed by atoms with van der Waals surface area (Å²) in [5, 5.41) is 0. The Labute approximate surface area is 214 Å². The lowest BCUT2D eigenvalue weighted by Crippen LogP contribution is -2.52. The fourth-order valence-electron chi connectivity index (χ4n) is 4.28. The number of anilines is 2. The van der Waals surface area contributed by atoms with Gasteiger partial charge in [0.1, 0.15) is 12.3 Å². The highest BCUT2D eigenvalue weighted by molar-refractivity contribution is 7.92. The molecule has 1 saturated heterocycles. The zero-order chi connectivity index (χ0) is 25.7. The van der Waals surface area contributed by atoms with Crippen LogP contribution in [0, 0.1) is 6.92 Å². The van der Waals surface area contributed by atoms with Crippen LogP contribution in [0.3, 0.4) is 0 Å². The predicted molar refractivity (Wildman–Crippen MR) is 143 cm³/mol. The summed E-state index contributed by atoms with van der Waals surface area (Å²) < 4.78 is 33.7. The van der Waals surface area contributed by atoms with Gasteiger partial charge in [0.25, 0.3) is 10.0 Å². The van der Waals surface area contributed by atoms with Crippen LogP contribution in [-0.4, -0.2) is 59.1 Å². The minimum absolute atomic E-state index is 0.171. The van der Waals surface area contributed by atoms with Crippen molar-refractivity contribution in [3.63, 3.8) is 0 Å². The molecule has 7 nitrogen and oxygen atoms in total. The molecular formula is C28H33N3O4S. The molecule has 0 aliphatic carbocycles. The number of benzene rings is 3. The Hall–Kier alpha value is -3.52. The Morgan fingerprint density at radius 1 is 0.889 bits per heavy atom. The Kier molecular flexibility index (Phi) is 7.84. The monoisotopic (exact) mass is 507 g/mol. The zero-order valence-electron chi connectivity index (χ0n) is 21.1. The smallest absolute Gasteiger partial charge is 0.264 e. The lowest BCUT2D eigenvalue weighted by atomic mass is 10.1. The highest BCUT2D eigenvalue weighted by atomic mass is 32.2. The van der Waals surface area contributed by atoms with E-state index in [9.17, 15) is 13.2 Å². The Morgan fingerprint density at radius 2 is 1.50 bits per heavy atom. The average molecular weight is 508 g/mol. The van der Waals surface area contributed by atoms with Crippen molar-refractivity contribution in [1.82, 2.24) is 4.90 Å². The molecule has 1 amide bonds. The van der Waals surface area contributed by atoms with Gasteiger partial charge in [0, 0.05) is 31.9 Å². The normalized spacial score (nSPS) is 14.0. The second-order valence-corrected chi connectivity index (χ2v) is 10.8. The van der Waals surface area contributed by atoms with Crippen molar-refractivity contribution in [1.29, 1.82) is 0 Å². The number of hydrogen-bond donors (Lipinski definition) is 0. The summed E-state index contributed by atoms with van der Waals surface area (Å²) in [5.74, 6) is 0.592. The van der Waals surface area contributed by atoms with E-state index in [0.717, 1.165) is 29.0 Å². The van der Waals surface area contributed by atoms with E-state index in [0.29, 0.717) is 31.9 Å². The number of rotatable bonds is 8. The van der Waals surface area contributed by atoms with Gasteiger partial charge < -0.3 is 14.5 Å². The van der Waals surface area contributed by atoms with Crippen molar-refractivity contribution >= 4 is 27.3 Å². The first-order valence-electron chi connectivity index (χ1n) is 12.2. The largest absolute Gasteiger partial charge is 0.497 e. The third-order valence-electron chi connectivity index (χ3n) is 6.59. The molecular weight excluding hydrogens is 474 g/mol. The Balaban J connectivity index is 1.51. The Bertz CT molecular complexity index is 1270. The van der Waals surface area contributed by atoms with Gasteiger partial charge in [-0.15, -0.1) is 0 Å². The first-order valence-corrected chi connectivity index (χ1v) is 13.6. The van der Waals surface area contributed by atoms with E-state index in [4.69, 9.17) is 4.74 Å². The van der Waals surface area contributed by atoms with Crippen molar-refractivity contribution in [2.75, 3.05) is 49.0 Å². The quantitative estimate of drug-likeness (QED) is 0.459. The van der Waals surface area contributed by atoms with Gasteiger partial charge in [0.15, 0.2) is 0 Å². The fraction of sp³-hybridized carbons (Fsp3) is 0.321. The van der Waals surface area contributed by atoms with Crippen LogP contribution < -0.4 is 13.9 Å². The van der Waals surface area contributed by atoms with E-state index < -0.39 is 10.0 Å². The van der Waals surface area contributed by atoms with Crippen LogP contribution >= 0.6 is 0 Å². The van der Waals surface area contributed by atoms with Gasteiger partial charge in [-0.1, -0.05) is 36.8 Å². The second kappa shape index (κ2) is 11.0. The predicted octanol–water partition coefficient (Wildman–Crippen LogP) is 4.11. The number of amides is 1. The van der Waals surface area contributed by atoms with E-state index in [2.05, 4.69) is 4.90 Å². The fourth-order valence-corrected chi connectivity index (χ4v) is 5.69. The molecule has 0 N–H and O–H groups in total. The maximum absolute atomic E-state index is 13.6. The van der Waals surface area contributed by atoms with E-state index in [1.807, 2.05) is 50.2 Å². The summed E-state index contributed by atoms with van der Waals surface area (Å²) in [7, 11) is -2.28. The first kappa shape index (κ1) is 25.6. The molecule has 0 aromatic heterocycles. The summed E-state index contributed by atoms with van der Waals surface area (Å²) in [6, 6.07) is 22.0. The van der Waals surface area contributed by atoms with Crippen molar-refractivity contribution in [3.05, 3.63) is 83.9 Å². The topological polar surface area (TPSA) is 70.2 Å². The number of nitrogens with zero attached hydrogens (tertiary/aromatic N) is 3. The van der Waals surface area contributed by atoms with Crippen LogP contribution in [0.5, 0.6) is 5.75 Å². The molecule has 3 aromatic rings. The molecule has 0 atom stereocenters. The highest BCUT2D eigenvalue weighted by Gasteiger charge is 2.30. The minimum atomic E-state index is -3.92. The van der Waals surface area contributed by atoms with Gasteiger partial charge in [-0.2, -0.15) is 0 Å². The van der Waals surface area contributed by atoms with Gasteiger partial charge in [-0.3, -0.25) is 9.10 Å². The zero-order valence-corrected chi connectivity index (χ0v) is 21.9. The summed E-state index contributed by atoms with van der Waals surface area (Å²) in [6.07, 6.45) is 0.850. The van der Waals surface area contributed by atoms with Gasteiger partial charge in [0.05, 0.1) is 17.7 Å². The lowest BCUT2D eigenvalue weighted by Gasteiger charge is -2.37. The van der Waals surface area contributed by atoms with Crippen LogP contribution in [0.1, 0.15) is 18.1 Å². The van der Waals surface area contributed by atoms with Crippen LogP contribution in [0.4, 0.5) is 11.4 Å². The molecule has 0 bridgehead atoms. The number of sulfonamides is 1. The maximum Gasteiger partial charge on any atom is 0.264 e. The molecule has 0 radical (unpaired) electrons. The summed E-state index contributed by atoms with van der Waals surface area (Å²) in [5.41, 5.74) is 3.63. The number of carbonyl (C=O) groups is 1. The molecule has 190 valence electrons.